The van der Waals surface area contributed by atoms with E-state index in [2.05, 4.69) is 10.2 Å². The number of fused-ring (bicyclic) bond motifs is 1. The minimum absolute atomic E-state index is 0.0520. The number of anilines is 2. The van der Waals surface area contributed by atoms with E-state index in [4.69, 9.17) is 21.1 Å². The van der Waals surface area contributed by atoms with Crippen molar-refractivity contribution in [2.24, 2.45) is 5.92 Å². The third kappa shape index (κ3) is 3.37. The average molecular weight is 373 g/mol. The smallest absolute Gasteiger partial charge is 0.316 e. The predicted octanol–water partition coefficient (Wildman–Crippen LogP) is 3.77. The molecule has 0 aliphatic carbocycles. The highest BCUT2D eigenvalue weighted by Gasteiger charge is 2.33. The van der Waals surface area contributed by atoms with Gasteiger partial charge in [0.1, 0.15) is 17.1 Å². The SMILES string of the molecule is CC1(C)CN(c2cccc(OC(=O)C3CNC3)c2)c2ccc(Cl)cc2O1. The number of nitrogens with one attached hydrogen (secondary N) is 1. The van der Waals surface area contributed by atoms with Crippen LogP contribution in [0.15, 0.2) is 42.5 Å². The Labute approximate surface area is 157 Å². The molecule has 136 valence electrons. The van der Waals surface area contributed by atoms with E-state index in [9.17, 15) is 4.79 Å². The first-order valence-electron chi connectivity index (χ1n) is 8.70. The van der Waals surface area contributed by atoms with E-state index in [1.54, 1.807) is 0 Å². The number of hydrogen-bond donors (Lipinski definition) is 1. The van der Waals surface area contributed by atoms with E-state index in [-0.39, 0.29) is 17.5 Å². The molecule has 0 amide bonds. The van der Waals surface area contributed by atoms with Crippen LogP contribution in [0.3, 0.4) is 0 Å². The van der Waals surface area contributed by atoms with Gasteiger partial charge in [0.05, 0.1) is 18.2 Å². The van der Waals surface area contributed by atoms with Gasteiger partial charge < -0.3 is 19.7 Å². The first-order valence-corrected chi connectivity index (χ1v) is 9.08. The highest BCUT2D eigenvalue weighted by atomic mass is 35.5. The fourth-order valence-corrected chi connectivity index (χ4v) is 3.35. The number of esters is 1. The first kappa shape index (κ1) is 17.2. The van der Waals surface area contributed by atoms with Gasteiger partial charge in [0.25, 0.3) is 0 Å². The molecule has 6 heteroatoms. The van der Waals surface area contributed by atoms with E-state index in [1.165, 1.54) is 0 Å². The van der Waals surface area contributed by atoms with Crippen molar-refractivity contribution in [3.05, 3.63) is 47.5 Å². The normalized spacial score (nSPS) is 18.5. The van der Waals surface area contributed by atoms with Crippen molar-refractivity contribution < 1.29 is 14.3 Å². The third-order valence-corrected chi connectivity index (χ3v) is 4.84. The van der Waals surface area contributed by atoms with Crippen molar-refractivity contribution in [3.63, 3.8) is 0 Å². The van der Waals surface area contributed by atoms with E-state index in [0.717, 1.165) is 17.1 Å². The molecule has 2 aromatic carbocycles. The Morgan fingerprint density at radius 3 is 2.81 bits per heavy atom. The van der Waals surface area contributed by atoms with Crippen LogP contribution in [-0.4, -0.2) is 31.2 Å². The standard InChI is InChI=1S/C20H21ClN2O3/c1-20(2)12-23(17-7-6-14(21)8-18(17)26-20)15-4-3-5-16(9-15)25-19(24)13-10-22-11-13/h3-9,13,22H,10-12H2,1-2H3. The maximum Gasteiger partial charge on any atom is 0.316 e. The Bertz CT molecular complexity index is 849. The first-order chi connectivity index (χ1) is 12.4. The molecule has 2 heterocycles. The molecule has 2 aromatic rings. The van der Waals surface area contributed by atoms with Gasteiger partial charge in [0, 0.05) is 35.9 Å². The minimum atomic E-state index is -0.373. The summed E-state index contributed by atoms with van der Waals surface area (Å²) < 4.78 is 11.6. The monoisotopic (exact) mass is 372 g/mol. The number of ether oxygens (including phenoxy) is 2. The van der Waals surface area contributed by atoms with E-state index >= 15 is 0 Å². The topological polar surface area (TPSA) is 50.8 Å². The van der Waals surface area contributed by atoms with Gasteiger partial charge in [-0.05, 0) is 38.1 Å². The second kappa shape index (κ2) is 6.49. The predicted molar refractivity (Wildman–Crippen MR) is 102 cm³/mol. The average Bonchev–Trinajstić information content (AvgIpc) is 2.51. The Balaban J connectivity index is 1.64. The van der Waals surface area contributed by atoms with Crippen molar-refractivity contribution in [2.75, 3.05) is 24.5 Å². The Morgan fingerprint density at radius 1 is 1.27 bits per heavy atom. The summed E-state index contributed by atoms with van der Waals surface area (Å²) in [6.45, 7) is 6.12. The van der Waals surface area contributed by atoms with Crippen molar-refractivity contribution in [2.45, 2.75) is 19.4 Å². The third-order valence-electron chi connectivity index (χ3n) is 4.60. The van der Waals surface area contributed by atoms with Gasteiger partial charge >= 0.3 is 5.97 Å². The molecule has 26 heavy (non-hydrogen) atoms. The maximum absolute atomic E-state index is 12.1. The van der Waals surface area contributed by atoms with Crippen molar-refractivity contribution in [3.8, 4) is 11.5 Å². The lowest BCUT2D eigenvalue weighted by Crippen LogP contribution is -2.48. The van der Waals surface area contributed by atoms with Gasteiger partial charge in [0.2, 0.25) is 0 Å². The molecule has 0 unspecified atom stereocenters. The molecule has 1 saturated heterocycles. The molecule has 0 atom stereocenters. The van der Waals surface area contributed by atoms with Crippen LogP contribution in [0.5, 0.6) is 11.5 Å². The van der Waals surface area contributed by atoms with Gasteiger partial charge in [-0.25, -0.2) is 0 Å². The lowest BCUT2D eigenvalue weighted by atomic mass is 10.0. The summed E-state index contributed by atoms with van der Waals surface area (Å²) in [6.07, 6.45) is 0. The molecule has 0 spiro atoms. The van der Waals surface area contributed by atoms with Gasteiger partial charge in [0.15, 0.2) is 0 Å². The van der Waals surface area contributed by atoms with Crippen LogP contribution in [-0.2, 0) is 4.79 Å². The van der Waals surface area contributed by atoms with Gasteiger partial charge in [-0.1, -0.05) is 17.7 Å². The number of nitrogens with zero attached hydrogens (tertiary/aromatic N) is 1. The number of halogens is 1. The Kier molecular flexibility index (Phi) is 4.29. The minimum Gasteiger partial charge on any atom is -0.484 e. The van der Waals surface area contributed by atoms with E-state index in [0.29, 0.717) is 30.4 Å². The fourth-order valence-electron chi connectivity index (χ4n) is 3.19. The zero-order chi connectivity index (χ0) is 18.3. The number of rotatable bonds is 3. The van der Waals surface area contributed by atoms with Crippen LogP contribution in [0, 0.1) is 5.92 Å². The molecule has 0 radical (unpaired) electrons. The van der Waals surface area contributed by atoms with Gasteiger partial charge in [-0.3, -0.25) is 4.79 Å². The van der Waals surface area contributed by atoms with Crippen molar-refractivity contribution in [1.82, 2.24) is 5.32 Å². The van der Waals surface area contributed by atoms with Crippen LogP contribution in [0.2, 0.25) is 5.02 Å². The lowest BCUT2D eigenvalue weighted by Gasteiger charge is -2.41. The number of carbonyl (C=O) groups is 1. The molecular formula is C20H21ClN2O3. The summed E-state index contributed by atoms with van der Waals surface area (Å²) in [5.74, 6) is 1.06. The number of carbonyl (C=O) groups excluding carboxylic acids is 1. The summed E-state index contributed by atoms with van der Waals surface area (Å²) in [4.78, 5) is 14.3. The van der Waals surface area contributed by atoms with Crippen LogP contribution in [0.1, 0.15) is 13.8 Å². The fraction of sp³-hybridized carbons (Fsp3) is 0.350. The molecule has 4 rings (SSSR count). The number of hydrogen-bond acceptors (Lipinski definition) is 5. The molecule has 2 aliphatic rings. The summed E-state index contributed by atoms with van der Waals surface area (Å²) in [6, 6.07) is 13.2. The largest absolute Gasteiger partial charge is 0.484 e. The highest BCUT2D eigenvalue weighted by Crippen LogP contribution is 2.42. The number of benzene rings is 2. The van der Waals surface area contributed by atoms with Crippen molar-refractivity contribution >= 4 is 28.9 Å². The summed E-state index contributed by atoms with van der Waals surface area (Å²) in [7, 11) is 0. The molecule has 0 bridgehead atoms. The van der Waals surface area contributed by atoms with Gasteiger partial charge in [-0.2, -0.15) is 0 Å². The van der Waals surface area contributed by atoms with Crippen LogP contribution in [0.25, 0.3) is 0 Å². The molecule has 0 saturated carbocycles. The zero-order valence-electron chi connectivity index (χ0n) is 14.8. The Morgan fingerprint density at radius 2 is 2.08 bits per heavy atom. The zero-order valence-corrected chi connectivity index (χ0v) is 15.5. The van der Waals surface area contributed by atoms with Crippen LogP contribution in [0.4, 0.5) is 11.4 Å². The quantitative estimate of drug-likeness (QED) is 0.656. The second-order valence-corrected chi connectivity index (χ2v) is 7.77. The van der Waals surface area contributed by atoms with Crippen molar-refractivity contribution in [1.29, 1.82) is 0 Å². The van der Waals surface area contributed by atoms with E-state index in [1.807, 2.05) is 56.3 Å². The van der Waals surface area contributed by atoms with Crippen LogP contribution < -0.4 is 19.7 Å². The maximum atomic E-state index is 12.1. The summed E-state index contributed by atoms with van der Waals surface area (Å²) >= 11 is 6.13. The molecule has 1 fully saturated rings. The van der Waals surface area contributed by atoms with Crippen LogP contribution >= 0.6 is 11.6 Å². The summed E-state index contributed by atoms with van der Waals surface area (Å²) in [5, 5.41) is 3.72. The molecule has 1 N–H and O–H groups in total. The molecule has 5 nitrogen and oxygen atoms in total. The second-order valence-electron chi connectivity index (χ2n) is 7.33. The molecule has 2 aliphatic heterocycles. The summed E-state index contributed by atoms with van der Waals surface area (Å²) in [5.41, 5.74) is 1.52. The highest BCUT2D eigenvalue weighted by molar-refractivity contribution is 6.30. The van der Waals surface area contributed by atoms with Gasteiger partial charge in [-0.15, -0.1) is 0 Å². The molecule has 0 aromatic heterocycles. The Hall–Kier alpha value is -2.24. The van der Waals surface area contributed by atoms with E-state index < -0.39 is 0 Å². The lowest BCUT2D eigenvalue weighted by molar-refractivity contribution is -0.140. The molecular weight excluding hydrogens is 352 g/mol.